The maximum absolute atomic E-state index is 12.9. The number of hydrogen-bond donors (Lipinski definition) is 0. The van der Waals surface area contributed by atoms with E-state index in [1.54, 1.807) is 23.5 Å². The smallest absolute Gasteiger partial charge is 0.280 e. The van der Waals surface area contributed by atoms with Gasteiger partial charge >= 0.3 is 0 Å². The number of nitrogens with zero attached hydrogens (tertiary/aromatic N) is 2. The molecule has 1 aliphatic heterocycles. The zero-order chi connectivity index (χ0) is 19.5. The molecule has 0 unspecified atom stereocenters. The maximum Gasteiger partial charge on any atom is 0.280 e. The van der Waals surface area contributed by atoms with E-state index in [1.807, 2.05) is 42.7 Å². The molecule has 0 aliphatic carbocycles. The van der Waals surface area contributed by atoms with E-state index in [-0.39, 0.29) is 5.91 Å². The minimum atomic E-state index is -0.216. The number of aromatic nitrogens is 1. The summed E-state index contributed by atoms with van der Waals surface area (Å²) in [6, 6.07) is 11.6. The third-order valence-corrected chi connectivity index (χ3v) is 6.83. The van der Waals surface area contributed by atoms with E-state index in [9.17, 15) is 4.79 Å². The SMILES string of the molecule is CSCCn1c(=NC(=O)c2ccccc2SC)sc2cc3c(cc21)OCCO3. The summed E-state index contributed by atoms with van der Waals surface area (Å²) in [6.45, 7) is 1.88. The summed E-state index contributed by atoms with van der Waals surface area (Å²) in [5, 5.41) is 0. The molecular weight excluding hydrogens is 412 g/mol. The summed E-state index contributed by atoms with van der Waals surface area (Å²) in [5.41, 5.74) is 1.66. The Labute approximate surface area is 175 Å². The molecule has 1 aromatic heterocycles. The fraction of sp³-hybridized carbons (Fsp3) is 0.300. The lowest BCUT2D eigenvalue weighted by molar-refractivity contribution is 0.0995. The van der Waals surface area contributed by atoms with Crippen LogP contribution in [0.4, 0.5) is 0 Å². The molecule has 0 saturated heterocycles. The minimum absolute atomic E-state index is 0.216. The van der Waals surface area contributed by atoms with Crippen LogP contribution in [0.3, 0.4) is 0 Å². The van der Waals surface area contributed by atoms with Gasteiger partial charge in [0.15, 0.2) is 16.3 Å². The van der Waals surface area contributed by atoms with Crippen LogP contribution in [0.2, 0.25) is 0 Å². The van der Waals surface area contributed by atoms with Crippen molar-refractivity contribution in [3.05, 3.63) is 46.8 Å². The van der Waals surface area contributed by atoms with E-state index in [4.69, 9.17) is 9.47 Å². The molecule has 1 aliphatic rings. The van der Waals surface area contributed by atoms with Crippen LogP contribution in [0, 0.1) is 0 Å². The number of carbonyl (C=O) groups excluding carboxylic acids is 1. The van der Waals surface area contributed by atoms with Gasteiger partial charge in [0, 0.05) is 29.3 Å². The quantitative estimate of drug-likeness (QED) is 0.563. The van der Waals surface area contributed by atoms with Gasteiger partial charge in [-0.15, -0.1) is 11.8 Å². The molecule has 0 atom stereocenters. The summed E-state index contributed by atoms with van der Waals surface area (Å²) in [7, 11) is 0. The first kappa shape index (κ1) is 19.4. The molecule has 2 aromatic carbocycles. The predicted octanol–water partition coefficient (Wildman–Crippen LogP) is 4.30. The van der Waals surface area contributed by atoms with Crippen molar-refractivity contribution in [2.75, 3.05) is 31.5 Å². The lowest BCUT2D eigenvalue weighted by atomic mass is 10.2. The van der Waals surface area contributed by atoms with E-state index in [1.165, 1.54) is 11.3 Å². The van der Waals surface area contributed by atoms with Crippen LogP contribution in [0.15, 0.2) is 46.3 Å². The fourth-order valence-electron chi connectivity index (χ4n) is 3.06. The Morgan fingerprint density at radius 1 is 1.18 bits per heavy atom. The Hall–Kier alpha value is -1.90. The maximum atomic E-state index is 12.9. The van der Waals surface area contributed by atoms with Gasteiger partial charge < -0.3 is 14.0 Å². The van der Waals surface area contributed by atoms with Crippen molar-refractivity contribution in [2.24, 2.45) is 4.99 Å². The molecule has 1 amide bonds. The molecule has 0 radical (unpaired) electrons. The number of thioether (sulfide) groups is 2. The molecular formula is C20H20N2O3S3. The van der Waals surface area contributed by atoms with Gasteiger partial charge in [0.1, 0.15) is 13.2 Å². The van der Waals surface area contributed by atoms with Crippen LogP contribution >= 0.6 is 34.9 Å². The summed E-state index contributed by atoms with van der Waals surface area (Å²) < 4.78 is 14.6. The van der Waals surface area contributed by atoms with E-state index in [2.05, 4.69) is 15.8 Å². The van der Waals surface area contributed by atoms with Crippen molar-refractivity contribution >= 4 is 51.0 Å². The second-order valence-corrected chi connectivity index (χ2v) is 8.95. The highest BCUT2D eigenvalue weighted by molar-refractivity contribution is 7.98. The summed E-state index contributed by atoms with van der Waals surface area (Å²) >= 11 is 4.83. The molecule has 4 rings (SSSR count). The number of benzene rings is 2. The van der Waals surface area contributed by atoms with Crippen molar-refractivity contribution in [3.8, 4) is 11.5 Å². The van der Waals surface area contributed by atoms with Crippen LogP contribution in [0.5, 0.6) is 11.5 Å². The van der Waals surface area contributed by atoms with E-state index < -0.39 is 0 Å². The normalized spacial score (nSPS) is 13.9. The van der Waals surface area contributed by atoms with Crippen molar-refractivity contribution in [2.45, 2.75) is 11.4 Å². The molecule has 0 fully saturated rings. The highest BCUT2D eigenvalue weighted by atomic mass is 32.2. The van der Waals surface area contributed by atoms with Gasteiger partial charge in [-0.3, -0.25) is 4.79 Å². The number of ether oxygens (including phenoxy) is 2. The van der Waals surface area contributed by atoms with Crippen LogP contribution in [-0.2, 0) is 6.54 Å². The van der Waals surface area contributed by atoms with Crippen molar-refractivity contribution in [3.63, 3.8) is 0 Å². The van der Waals surface area contributed by atoms with Gasteiger partial charge in [-0.2, -0.15) is 16.8 Å². The monoisotopic (exact) mass is 432 g/mol. The Morgan fingerprint density at radius 2 is 1.93 bits per heavy atom. The number of carbonyl (C=O) groups is 1. The average molecular weight is 433 g/mol. The third-order valence-electron chi connectivity index (χ3n) is 4.40. The predicted molar refractivity (Wildman–Crippen MR) is 117 cm³/mol. The van der Waals surface area contributed by atoms with Gasteiger partial charge in [-0.25, -0.2) is 0 Å². The van der Waals surface area contributed by atoms with Crippen LogP contribution in [0.25, 0.3) is 10.2 Å². The van der Waals surface area contributed by atoms with E-state index in [0.717, 1.165) is 38.9 Å². The molecule has 0 N–H and O–H groups in total. The molecule has 0 spiro atoms. The average Bonchev–Trinajstić information content (AvgIpc) is 3.06. The van der Waals surface area contributed by atoms with Gasteiger partial charge in [-0.05, 0) is 24.6 Å². The third kappa shape index (κ3) is 3.81. The van der Waals surface area contributed by atoms with Crippen molar-refractivity contribution in [1.29, 1.82) is 0 Å². The van der Waals surface area contributed by atoms with E-state index in [0.29, 0.717) is 23.6 Å². The number of fused-ring (bicyclic) bond motifs is 2. The Balaban J connectivity index is 1.84. The first-order valence-corrected chi connectivity index (χ1v) is 12.3. The van der Waals surface area contributed by atoms with Crippen LogP contribution < -0.4 is 14.3 Å². The second kappa shape index (κ2) is 8.63. The zero-order valence-corrected chi connectivity index (χ0v) is 18.1. The number of hydrogen-bond acceptors (Lipinski definition) is 6. The molecule has 5 nitrogen and oxygen atoms in total. The Morgan fingerprint density at radius 3 is 2.68 bits per heavy atom. The number of rotatable bonds is 5. The lowest BCUT2D eigenvalue weighted by Gasteiger charge is -2.18. The van der Waals surface area contributed by atoms with E-state index >= 15 is 0 Å². The van der Waals surface area contributed by atoms with Crippen LogP contribution in [0.1, 0.15) is 10.4 Å². The van der Waals surface area contributed by atoms with Gasteiger partial charge in [0.05, 0.1) is 15.8 Å². The standard InChI is InChI=1S/C20H20N2O3S3/c1-26-10-7-22-14-11-15-16(25-9-8-24-15)12-18(14)28-20(22)21-19(23)13-5-3-4-6-17(13)27-2/h3-6,11-12H,7-10H2,1-2H3. The minimum Gasteiger partial charge on any atom is -0.486 e. The highest BCUT2D eigenvalue weighted by Crippen LogP contribution is 2.35. The summed E-state index contributed by atoms with van der Waals surface area (Å²) in [6.07, 6.45) is 4.04. The summed E-state index contributed by atoms with van der Waals surface area (Å²) in [5.74, 6) is 2.22. The van der Waals surface area contributed by atoms with Crippen molar-refractivity contribution in [1.82, 2.24) is 4.57 Å². The molecule has 28 heavy (non-hydrogen) atoms. The van der Waals surface area contributed by atoms with Gasteiger partial charge in [0.25, 0.3) is 5.91 Å². The largest absolute Gasteiger partial charge is 0.486 e. The molecule has 8 heteroatoms. The number of thiazole rings is 1. The molecule has 0 saturated carbocycles. The Kier molecular flexibility index (Phi) is 5.99. The van der Waals surface area contributed by atoms with Crippen molar-refractivity contribution < 1.29 is 14.3 Å². The first-order valence-electron chi connectivity index (χ1n) is 8.85. The fourth-order valence-corrected chi connectivity index (χ4v) is 5.08. The molecule has 2 heterocycles. The molecule has 0 bridgehead atoms. The number of amides is 1. The first-order chi connectivity index (χ1) is 13.7. The topological polar surface area (TPSA) is 52.8 Å². The highest BCUT2D eigenvalue weighted by Gasteiger charge is 2.17. The second-order valence-electron chi connectivity index (χ2n) is 6.11. The zero-order valence-electron chi connectivity index (χ0n) is 15.6. The molecule has 146 valence electrons. The molecule has 3 aromatic rings. The van der Waals surface area contributed by atoms with Gasteiger partial charge in [-0.1, -0.05) is 23.5 Å². The van der Waals surface area contributed by atoms with Crippen LogP contribution in [-0.4, -0.2) is 42.0 Å². The lowest BCUT2D eigenvalue weighted by Crippen LogP contribution is -2.19. The Bertz CT molecular complexity index is 1090. The van der Waals surface area contributed by atoms with Gasteiger partial charge in [0.2, 0.25) is 0 Å². The summed E-state index contributed by atoms with van der Waals surface area (Å²) in [4.78, 5) is 19.0. The number of aryl methyl sites for hydroxylation is 1.